The number of anilines is 3. The summed E-state index contributed by atoms with van der Waals surface area (Å²) in [6, 6.07) is 113. The van der Waals surface area contributed by atoms with Gasteiger partial charge in [0.05, 0.1) is 16.4 Å². The van der Waals surface area contributed by atoms with Gasteiger partial charge in [-0.25, -0.2) is 0 Å². The van der Waals surface area contributed by atoms with E-state index in [1.54, 1.807) is 0 Å². The minimum Gasteiger partial charge on any atom is -0.310 e. The van der Waals surface area contributed by atoms with Crippen LogP contribution in [0.25, 0.3) is 125 Å². The normalized spacial score (nSPS) is 12.9. The molecule has 0 radical (unpaired) electrons. The van der Waals surface area contributed by atoms with Crippen molar-refractivity contribution in [3.63, 3.8) is 0 Å². The van der Waals surface area contributed by atoms with E-state index in [-0.39, 0.29) is 0 Å². The Morgan fingerprint density at radius 2 is 0.821 bits per heavy atom. The number of benzene rings is 14. The number of rotatable bonds is 7. The fourth-order valence-corrected chi connectivity index (χ4v) is 15.9. The predicted molar refractivity (Wildman–Crippen MR) is 356 cm³/mol. The van der Waals surface area contributed by atoms with Crippen LogP contribution in [0.15, 0.2) is 303 Å². The van der Waals surface area contributed by atoms with E-state index in [1.807, 2.05) is 11.3 Å². The second kappa shape index (κ2) is 18.2. The lowest BCUT2D eigenvalue weighted by Gasteiger charge is -2.32. The Hall–Kier alpha value is -10.6. The average Bonchev–Trinajstić information content (AvgIpc) is 1.63. The molecular formula is C81H50N2S. The van der Waals surface area contributed by atoms with Crippen LogP contribution in [0.3, 0.4) is 0 Å². The fraction of sp³-hybridized carbons (Fsp3) is 0.0123. The van der Waals surface area contributed by atoms with Crippen LogP contribution in [0, 0.1) is 0 Å². The van der Waals surface area contributed by atoms with Gasteiger partial charge in [-0.2, -0.15) is 0 Å². The Kier molecular flexibility index (Phi) is 10.2. The highest BCUT2D eigenvalue weighted by Gasteiger charge is 2.51. The first-order valence-electron chi connectivity index (χ1n) is 29.0. The molecule has 0 saturated heterocycles. The number of fused-ring (bicyclic) bond motifs is 19. The number of nitrogens with zero attached hydrogens (tertiary/aromatic N) is 2. The lowest BCUT2D eigenvalue weighted by molar-refractivity contribution is 0.793. The van der Waals surface area contributed by atoms with Crippen molar-refractivity contribution in [1.82, 2.24) is 4.57 Å². The molecule has 3 heteroatoms. The van der Waals surface area contributed by atoms with Crippen molar-refractivity contribution in [2.45, 2.75) is 5.41 Å². The van der Waals surface area contributed by atoms with Crippen LogP contribution in [0.4, 0.5) is 17.1 Å². The Balaban J connectivity index is 0.756. The number of hydrogen-bond donors (Lipinski definition) is 0. The quantitative estimate of drug-likeness (QED) is 0.154. The van der Waals surface area contributed by atoms with E-state index >= 15 is 0 Å². The third-order valence-electron chi connectivity index (χ3n) is 18.4. The summed E-state index contributed by atoms with van der Waals surface area (Å²) in [5.41, 5.74) is 24.1. The molecule has 0 unspecified atom stereocenters. The lowest BCUT2D eigenvalue weighted by atomic mass is 9.70. The average molecular weight is 1080 g/mol. The van der Waals surface area contributed by atoms with Crippen LogP contribution < -0.4 is 4.90 Å². The first-order chi connectivity index (χ1) is 41.6. The van der Waals surface area contributed by atoms with Crippen molar-refractivity contribution >= 4 is 91.9 Å². The van der Waals surface area contributed by atoms with Gasteiger partial charge < -0.3 is 9.47 Å². The van der Waals surface area contributed by atoms with Crippen LogP contribution in [-0.4, -0.2) is 4.57 Å². The maximum absolute atomic E-state index is 2.49. The second-order valence-electron chi connectivity index (χ2n) is 22.7. The van der Waals surface area contributed by atoms with Gasteiger partial charge in [-0.05, 0) is 179 Å². The summed E-state index contributed by atoms with van der Waals surface area (Å²) in [6.45, 7) is 0. The Morgan fingerprint density at radius 1 is 0.274 bits per heavy atom. The standard InChI is InChI=1S/C81H50N2S/c1-2-20-58(21-3-1)83-77-45-37-56(47-71(77)72-48-57-36-43-69-68-26-9-13-31-79(68)84-80(69)70(57)50-78(72)83)55-19-14-18-54(46-55)51-32-38-59(39-33-51)82(60-40-34-53(35-41-60)63-27-15-17-52-16-4-5-22-62(52)63)61-42-44-67-66-25-8-12-30-75(66)81(76(67)49-61)73-28-10-6-23-64(73)65-24-7-11-29-74(65)81/h1-50H. The molecule has 14 aromatic carbocycles. The van der Waals surface area contributed by atoms with Crippen LogP contribution in [-0.2, 0) is 5.41 Å². The highest BCUT2D eigenvalue weighted by Crippen LogP contribution is 2.63. The van der Waals surface area contributed by atoms with Crippen LogP contribution in [0.2, 0.25) is 0 Å². The zero-order valence-corrected chi connectivity index (χ0v) is 46.5. The van der Waals surface area contributed by atoms with Gasteiger partial charge in [0.15, 0.2) is 0 Å². The molecular weight excluding hydrogens is 1030 g/mol. The Labute approximate surface area is 490 Å². The summed E-state index contributed by atoms with van der Waals surface area (Å²) >= 11 is 1.90. The van der Waals surface area contributed by atoms with Gasteiger partial charge in [-0.3, -0.25) is 0 Å². The zero-order chi connectivity index (χ0) is 55.0. The first-order valence-corrected chi connectivity index (χ1v) is 29.9. The largest absolute Gasteiger partial charge is 0.310 e. The topological polar surface area (TPSA) is 8.17 Å². The number of aromatic nitrogens is 1. The highest BCUT2D eigenvalue weighted by molar-refractivity contribution is 7.26. The molecule has 0 fully saturated rings. The summed E-state index contributed by atoms with van der Waals surface area (Å²) < 4.78 is 5.12. The molecule has 2 heterocycles. The maximum atomic E-state index is 2.49. The minimum absolute atomic E-state index is 0.460. The van der Waals surface area contributed by atoms with Gasteiger partial charge in [0.2, 0.25) is 0 Å². The molecule has 2 aliphatic carbocycles. The number of para-hydroxylation sites is 1. The summed E-state index contributed by atoms with van der Waals surface area (Å²) in [5, 5.41) is 10.2. The molecule has 0 aliphatic heterocycles. The molecule has 0 bridgehead atoms. The molecule has 390 valence electrons. The first kappa shape index (κ1) is 47.1. The van der Waals surface area contributed by atoms with E-state index in [4.69, 9.17) is 0 Å². The van der Waals surface area contributed by atoms with Crippen molar-refractivity contribution in [2.75, 3.05) is 4.90 Å². The summed E-state index contributed by atoms with van der Waals surface area (Å²) in [5.74, 6) is 0. The Morgan fingerprint density at radius 3 is 1.56 bits per heavy atom. The van der Waals surface area contributed by atoms with Crippen LogP contribution in [0.5, 0.6) is 0 Å². The van der Waals surface area contributed by atoms with E-state index < -0.39 is 5.41 Å². The number of hydrogen-bond acceptors (Lipinski definition) is 2. The van der Waals surface area contributed by atoms with E-state index in [2.05, 4.69) is 313 Å². The molecule has 84 heavy (non-hydrogen) atoms. The van der Waals surface area contributed by atoms with Crippen molar-refractivity contribution in [3.8, 4) is 61.3 Å². The monoisotopic (exact) mass is 1080 g/mol. The molecule has 16 aromatic rings. The SMILES string of the molecule is c1ccc(-n2c3ccc(-c4cccc(-c5ccc(N(c6ccc(-c7cccc8ccccc78)cc6)c6ccc7c(c6)C6(c8ccccc8-c8ccccc86)c6ccccc6-7)cc5)c4)cc3c3cc4ccc5c6ccccc6sc5c4cc32)cc1. The predicted octanol–water partition coefficient (Wildman–Crippen LogP) is 22.3. The molecule has 2 nitrogen and oxygen atoms in total. The highest BCUT2D eigenvalue weighted by atomic mass is 32.1. The third kappa shape index (κ3) is 6.85. The van der Waals surface area contributed by atoms with Crippen LogP contribution in [0.1, 0.15) is 22.3 Å². The van der Waals surface area contributed by atoms with Gasteiger partial charge in [0, 0.05) is 59.1 Å². The van der Waals surface area contributed by atoms with Gasteiger partial charge in [-0.1, -0.05) is 218 Å². The molecule has 1 spiro atoms. The van der Waals surface area contributed by atoms with Crippen molar-refractivity contribution in [2.24, 2.45) is 0 Å². The summed E-state index contributed by atoms with van der Waals surface area (Å²) in [6.07, 6.45) is 0. The van der Waals surface area contributed by atoms with E-state index in [0.29, 0.717) is 0 Å². The molecule has 2 aromatic heterocycles. The molecule has 0 saturated carbocycles. The maximum Gasteiger partial charge on any atom is 0.0726 e. The van der Waals surface area contributed by atoms with Gasteiger partial charge >= 0.3 is 0 Å². The van der Waals surface area contributed by atoms with Crippen molar-refractivity contribution < 1.29 is 0 Å². The fourth-order valence-electron chi connectivity index (χ4n) is 14.7. The van der Waals surface area contributed by atoms with Crippen LogP contribution >= 0.6 is 11.3 Å². The summed E-state index contributed by atoms with van der Waals surface area (Å²) in [4.78, 5) is 2.45. The zero-order valence-electron chi connectivity index (χ0n) is 45.7. The third-order valence-corrected chi connectivity index (χ3v) is 19.6. The number of thiophene rings is 1. The van der Waals surface area contributed by atoms with E-state index in [1.165, 1.54) is 136 Å². The molecule has 0 atom stereocenters. The molecule has 2 aliphatic rings. The smallest absolute Gasteiger partial charge is 0.0726 e. The summed E-state index contributed by atoms with van der Waals surface area (Å²) in [7, 11) is 0. The molecule has 0 N–H and O–H groups in total. The lowest BCUT2D eigenvalue weighted by Crippen LogP contribution is -2.26. The van der Waals surface area contributed by atoms with E-state index in [9.17, 15) is 0 Å². The molecule has 18 rings (SSSR count). The van der Waals surface area contributed by atoms with E-state index in [0.717, 1.165) is 28.3 Å². The van der Waals surface area contributed by atoms with Gasteiger partial charge in [0.25, 0.3) is 0 Å². The Bertz CT molecular complexity index is 5310. The second-order valence-corrected chi connectivity index (χ2v) is 23.7. The van der Waals surface area contributed by atoms with Crippen molar-refractivity contribution in [1.29, 1.82) is 0 Å². The van der Waals surface area contributed by atoms with Gasteiger partial charge in [-0.15, -0.1) is 11.3 Å². The van der Waals surface area contributed by atoms with Gasteiger partial charge in [0.1, 0.15) is 0 Å². The molecule has 0 amide bonds. The van der Waals surface area contributed by atoms with Crippen molar-refractivity contribution in [3.05, 3.63) is 326 Å². The minimum atomic E-state index is -0.460.